The third-order valence-corrected chi connectivity index (χ3v) is 2.42. The van der Waals surface area contributed by atoms with Crippen molar-refractivity contribution in [1.29, 1.82) is 0 Å². The highest BCUT2D eigenvalue weighted by Gasteiger charge is 2.03. The van der Waals surface area contributed by atoms with Crippen LogP contribution < -0.4 is 5.32 Å². The van der Waals surface area contributed by atoms with Crippen molar-refractivity contribution in [3.63, 3.8) is 0 Å². The molecule has 0 saturated carbocycles. The van der Waals surface area contributed by atoms with Crippen molar-refractivity contribution in [3.8, 4) is 0 Å². The van der Waals surface area contributed by atoms with Crippen LogP contribution in [0.2, 0.25) is 0 Å². The average Bonchev–Trinajstić information content (AvgIpc) is 2.27. The van der Waals surface area contributed by atoms with Gasteiger partial charge in [-0.1, -0.05) is 12.1 Å². The van der Waals surface area contributed by atoms with Crippen LogP contribution in [0.1, 0.15) is 17.3 Å². The summed E-state index contributed by atoms with van der Waals surface area (Å²) in [5.74, 6) is -1.37. The van der Waals surface area contributed by atoms with E-state index in [2.05, 4.69) is 5.32 Å². The zero-order valence-corrected chi connectivity index (χ0v) is 9.71. The van der Waals surface area contributed by atoms with Gasteiger partial charge in [-0.25, -0.2) is 8.78 Å². The van der Waals surface area contributed by atoms with Gasteiger partial charge in [-0.2, -0.15) is 0 Å². The summed E-state index contributed by atoms with van der Waals surface area (Å²) in [5.41, 5.74) is 1.44. The minimum atomic E-state index is -0.653. The second-order valence-corrected chi connectivity index (χ2v) is 3.92. The number of ketones is 1. The van der Waals surface area contributed by atoms with Gasteiger partial charge in [-0.15, -0.1) is 0 Å². The van der Waals surface area contributed by atoms with Gasteiger partial charge < -0.3 is 5.32 Å². The van der Waals surface area contributed by atoms with Gasteiger partial charge >= 0.3 is 0 Å². The Morgan fingerprint density at radius 1 is 1.00 bits per heavy atom. The van der Waals surface area contributed by atoms with Crippen LogP contribution in [0.3, 0.4) is 0 Å². The molecular weight excluding hydrogens is 236 g/mol. The van der Waals surface area contributed by atoms with E-state index in [0.717, 1.165) is 6.07 Å². The molecule has 0 amide bonds. The summed E-state index contributed by atoms with van der Waals surface area (Å²) >= 11 is 0. The SMILES string of the molecule is CC(=O)c1cccc(Nc2cc(F)cc(F)c2)c1. The molecule has 0 heterocycles. The van der Waals surface area contributed by atoms with Crippen LogP contribution in [0, 0.1) is 11.6 Å². The summed E-state index contributed by atoms with van der Waals surface area (Å²) in [4.78, 5) is 11.2. The third kappa shape index (κ3) is 2.91. The maximum Gasteiger partial charge on any atom is 0.159 e. The van der Waals surface area contributed by atoms with E-state index >= 15 is 0 Å². The third-order valence-electron chi connectivity index (χ3n) is 2.42. The molecule has 0 radical (unpaired) electrons. The lowest BCUT2D eigenvalue weighted by Crippen LogP contribution is -1.96. The number of halogens is 2. The molecule has 18 heavy (non-hydrogen) atoms. The molecule has 0 spiro atoms. The number of anilines is 2. The Morgan fingerprint density at radius 3 is 2.28 bits per heavy atom. The molecule has 92 valence electrons. The summed E-state index contributed by atoms with van der Waals surface area (Å²) in [6.07, 6.45) is 0. The molecule has 0 unspecified atom stereocenters. The zero-order chi connectivity index (χ0) is 13.1. The van der Waals surface area contributed by atoms with Crippen LogP contribution in [0.5, 0.6) is 0 Å². The lowest BCUT2D eigenvalue weighted by molar-refractivity contribution is 0.101. The van der Waals surface area contributed by atoms with E-state index < -0.39 is 11.6 Å². The quantitative estimate of drug-likeness (QED) is 0.833. The Balaban J connectivity index is 2.28. The summed E-state index contributed by atoms with van der Waals surface area (Å²) in [5, 5.41) is 2.85. The van der Waals surface area contributed by atoms with Crippen molar-refractivity contribution in [2.24, 2.45) is 0 Å². The molecule has 0 aromatic heterocycles. The summed E-state index contributed by atoms with van der Waals surface area (Å²) in [6.45, 7) is 1.46. The Labute approximate surface area is 103 Å². The number of Topliss-reactive ketones (excluding diaryl/α,β-unsaturated/α-hetero) is 1. The average molecular weight is 247 g/mol. The van der Waals surface area contributed by atoms with Gasteiger partial charge in [0.2, 0.25) is 0 Å². The van der Waals surface area contributed by atoms with Gasteiger partial charge in [-0.3, -0.25) is 4.79 Å². The Bertz CT molecular complexity index is 576. The second-order valence-electron chi connectivity index (χ2n) is 3.92. The first-order valence-corrected chi connectivity index (χ1v) is 5.39. The van der Waals surface area contributed by atoms with Crippen LogP contribution in [0.25, 0.3) is 0 Å². The molecule has 0 atom stereocenters. The zero-order valence-electron chi connectivity index (χ0n) is 9.71. The summed E-state index contributed by atoms with van der Waals surface area (Å²) in [6, 6.07) is 9.90. The first-order chi connectivity index (χ1) is 8.54. The number of hydrogen-bond acceptors (Lipinski definition) is 2. The molecule has 2 nitrogen and oxygen atoms in total. The first kappa shape index (κ1) is 12.2. The molecule has 1 N–H and O–H groups in total. The van der Waals surface area contributed by atoms with E-state index in [1.54, 1.807) is 24.3 Å². The Morgan fingerprint density at radius 2 is 1.67 bits per heavy atom. The highest BCUT2D eigenvalue weighted by atomic mass is 19.1. The minimum Gasteiger partial charge on any atom is -0.355 e. The molecule has 0 saturated heterocycles. The fourth-order valence-electron chi connectivity index (χ4n) is 1.61. The number of nitrogens with one attached hydrogen (secondary N) is 1. The number of rotatable bonds is 3. The van der Waals surface area contributed by atoms with Gasteiger partial charge in [0.25, 0.3) is 0 Å². The van der Waals surface area contributed by atoms with Crippen LogP contribution in [-0.2, 0) is 0 Å². The van der Waals surface area contributed by atoms with Crippen molar-refractivity contribution in [2.75, 3.05) is 5.32 Å². The lowest BCUT2D eigenvalue weighted by Gasteiger charge is -2.07. The van der Waals surface area contributed by atoms with Crippen molar-refractivity contribution < 1.29 is 13.6 Å². The first-order valence-electron chi connectivity index (χ1n) is 5.39. The van der Waals surface area contributed by atoms with Gasteiger partial charge in [0.05, 0.1) is 0 Å². The molecule has 2 aromatic carbocycles. The highest BCUT2D eigenvalue weighted by molar-refractivity contribution is 5.95. The Hall–Kier alpha value is -2.23. The standard InChI is InChI=1S/C14H11F2NO/c1-9(18)10-3-2-4-13(5-10)17-14-7-11(15)6-12(16)8-14/h2-8,17H,1H3. The molecule has 0 aliphatic heterocycles. The Kier molecular flexibility index (Phi) is 3.37. The fourth-order valence-corrected chi connectivity index (χ4v) is 1.61. The summed E-state index contributed by atoms with van der Waals surface area (Å²) in [7, 11) is 0. The van der Waals surface area contributed by atoms with Crippen molar-refractivity contribution in [2.45, 2.75) is 6.92 Å². The summed E-state index contributed by atoms with van der Waals surface area (Å²) < 4.78 is 26.0. The molecule has 0 aliphatic rings. The van der Waals surface area contributed by atoms with E-state index in [1.165, 1.54) is 19.1 Å². The van der Waals surface area contributed by atoms with Gasteiger partial charge in [-0.05, 0) is 31.2 Å². The van der Waals surface area contributed by atoms with Crippen molar-refractivity contribution in [3.05, 3.63) is 59.7 Å². The second kappa shape index (κ2) is 4.96. The molecule has 2 aromatic rings. The number of carbonyl (C=O) groups is 1. The maximum atomic E-state index is 13.0. The lowest BCUT2D eigenvalue weighted by atomic mass is 10.1. The van der Waals surface area contributed by atoms with Crippen molar-refractivity contribution in [1.82, 2.24) is 0 Å². The minimum absolute atomic E-state index is 0.0657. The van der Waals surface area contributed by atoms with Crippen LogP contribution in [-0.4, -0.2) is 5.78 Å². The number of benzene rings is 2. The van der Waals surface area contributed by atoms with Gasteiger partial charge in [0.15, 0.2) is 5.78 Å². The predicted octanol–water partition coefficient (Wildman–Crippen LogP) is 3.91. The van der Waals surface area contributed by atoms with Crippen molar-refractivity contribution >= 4 is 17.2 Å². The highest BCUT2D eigenvalue weighted by Crippen LogP contribution is 2.20. The van der Waals surface area contributed by atoms with Crippen LogP contribution >= 0.6 is 0 Å². The molecule has 0 bridgehead atoms. The van der Waals surface area contributed by atoms with Gasteiger partial charge in [0, 0.05) is 23.0 Å². The number of carbonyl (C=O) groups excluding carboxylic acids is 1. The monoisotopic (exact) mass is 247 g/mol. The molecular formula is C14H11F2NO. The largest absolute Gasteiger partial charge is 0.355 e. The van der Waals surface area contributed by atoms with Gasteiger partial charge in [0.1, 0.15) is 11.6 Å². The molecule has 0 aliphatic carbocycles. The normalized spacial score (nSPS) is 10.2. The molecule has 4 heteroatoms. The predicted molar refractivity (Wildman–Crippen MR) is 66.1 cm³/mol. The van der Waals surface area contributed by atoms with E-state index in [4.69, 9.17) is 0 Å². The molecule has 0 fully saturated rings. The van der Waals surface area contributed by atoms with Crippen LogP contribution in [0.4, 0.5) is 20.2 Å². The van der Waals surface area contributed by atoms with Crippen LogP contribution in [0.15, 0.2) is 42.5 Å². The smallest absolute Gasteiger partial charge is 0.159 e. The topological polar surface area (TPSA) is 29.1 Å². The molecule has 2 rings (SSSR count). The fraction of sp³-hybridized carbons (Fsp3) is 0.0714. The number of hydrogen-bond donors (Lipinski definition) is 1. The maximum absolute atomic E-state index is 13.0. The van der Waals surface area contributed by atoms with E-state index in [9.17, 15) is 13.6 Å². The van der Waals surface area contributed by atoms with E-state index in [0.29, 0.717) is 16.9 Å². The van der Waals surface area contributed by atoms with E-state index in [1.807, 2.05) is 0 Å². The van der Waals surface area contributed by atoms with E-state index in [-0.39, 0.29) is 5.78 Å².